The van der Waals surface area contributed by atoms with Crippen LogP contribution in [0.25, 0.3) is 10.6 Å². The number of rotatable bonds is 7. The molecular weight excluding hydrogens is 388 g/mol. The number of benzene rings is 2. The van der Waals surface area contributed by atoms with E-state index in [4.69, 9.17) is 4.98 Å². The zero-order chi connectivity index (χ0) is 21.1. The van der Waals surface area contributed by atoms with E-state index in [1.54, 1.807) is 11.3 Å². The lowest BCUT2D eigenvalue weighted by atomic mass is 10.0. The third kappa shape index (κ3) is 4.85. The lowest BCUT2D eigenvalue weighted by molar-refractivity contribution is 0.315. The van der Waals surface area contributed by atoms with Gasteiger partial charge in [-0.2, -0.15) is 0 Å². The molecular formula is C25H32N4S. The second-order valence-corrected chi connectivity index (χ2v) is 9.53. The highest BCUT2D eigenvalue weighted by molar-refractivity contribution is 7.13. The van der Waals surface area contributed by atoms with Crippen LogP contribution in [-0.4, -0.2) is 43.1 Å². The Morgan fingerprint density at radius 3 is 2.47 bits per heavy atom. The molecule has 4 rings (SSSR count). The molecule has 1 atom stereocenters. The fourth-order valence-corrected chi connectivity index (χ4v) is 4.74. The van der Waals surface area contributed by atoms with Gasteiger partial charge in [0, 0.05) is 41.4 Å². The van der Waals surface area contributed by atoms with Gasteiger partial charge in [-0.3, -0.25) is 0 Å². The van der Waals surface area contributed by atoms with Crippen molar-refractivity contribution in [3.05, 3.63) is 65.2 Å². The normalized spacial score (nSPS) is 16.6. The first-order valence-corrected chi connectivity index (χ1v) is 11.7. The number of nitrogens with one attached hydrogen (secondary N) is 1. The minimum absolute atomic E-state index is 0.557. The maximum Gasteiger partial charge on any atom is 0.123 e. The Labute approximate surface area is 184 Å². The summed E-state index contributed by atoms with van der Waals surface area (Å²) in [6, 6.07) is 18.2. The Bertz CT molecular complexity index is 944. The van der Waals surface area contributed by atoms with Gasteiger partial charge in [-0.1, -0.05) is 38.1 Å². The summed E-state index contributed by atoms with van der Waals surface area (Å²) < 4.78 is 0. The van der Waals surface area contributed by atoms with Gasteiger partial charge in [0.05, 0.1) is 12.2 Å². The lowest BCUT2D eigenvalue weighted by Crippen LogP contribution is -2.31. The molecule has 0 amide bonds. The molecule has 1 aromatic heterocycles. The number of hydrogen-bond acceptors (Lipinski definition) is 5. The number of aromatic nitrogens is 1. The number of thiazole rings is 1. The largest absolute Gasteiger partial charge is 0.379 e. The molecule has 1 aliphatic heterocycles. The van der Waals surface area contributed by atoms with Gasteiger partial charge < -0.3 is 15.1 Å². The van der Waals surface area contributed by atoms with Crippen molar-refractivity contribution in [1.82, 2.24) is 9.88 Å². The predicted octanol–water partition coefficient (Wildman–Crippen LogP) is 5.69. The van der Waals surface area contributed by atoms with Crippen molar-refractivity contribution < 1.29 is 0 Å². The van der Waals surface area contributed by atoms with Crippen molar-refractivity contribution in [2.75, 3.05) is 37.4 Å². The van der Waals surface area contributed by atoms with E-state index in [1.807, 2.05) is 0 Å². The average molecular weight is 421 g/mol. The van der Waals surface area contributed by atoms with E-state index in [0.29, 0.717) is 12.0 Å². The molecule has 0 saturated carbocycles. The zero-order valence-corrected chi connectivity index (χ0v) is 19.2. The van der Waals surface area contributed by atoms with Crippen LogP contribution in [0.3, 0.4) is 0 Å². The molecule has 0 spiro atoms. The first kappa shape index (κ1) is 20.9. The Kier molecular flexibility index (Phi) is 6.40. The van der Waals surface area contributed by atoms with Crippen molar-refractivity contribution in [2.24, 2.45) is 0 Å². The highest BCUT2D eigenvalue weighted by Crippen LogP contribution is 2.27. The SMILES string of the molecule is CC(C)c1ccc(-c2nc(CNc3ccc(N4CCC(N(C)C)C4)cc3)cs2)cc1. The molecule has 3 aromatic rings. The Morgan fingerprint density at radius 2 is 1.83 bits per heavy atom. The zero-order valence-electron chi connectivity index (χ0n) is 18.4. The van der Waals surface area contributed by atoms with E-state index in [1.165, 1.54) is 23.2 Å². The van der Waals surface area contributed by atoms with E-state index in [-0.39, 0.29) is 0 Å². The second kappa shape index (κ2) is 9.19. The molecule has 2 aromatic carbocycles. The number of hydrogen-bond donors (Lipinski definition) is 1. The summed E-state index contributed by atoms with van der Waals surface area (Å²) >= 11 is 1.71. The molecule has 5 heteroatoms. The predicted molar refractivity (Wildman–Crippen MR) is 130 cm³/mol. The summed E-state index contributed by atoms with van der Waals surface area (Å²) in [5.41, 5.74) is 6.09. The average Bonchev–Trinajstić information content (AvgIpc) is 3.43. The van der Waals surface area contributed by atoms with Crippen LogP contribution in [0.5, 0.6) is 0 Å². The van der Waals surface area contributed by atoms with Crippen molar-refractivity contribution in [1.29, 1.82) is 0 Å². The van der Waals surface area contributed by atoms with E-state index in [0.717, 1.165) is 36.0 Å². The Balaban J connectivity index is 1.33. The smallest absolute Gasteiger partial charge is 0.123 e. The van der Waals surface area contributed by atoms with Crippen LogP contribution in [0.2, 0.25) is 0 Å². The van der Waals surface area contributed by atoms with Crippen LogP contribution < -0.4 is 10.2 Å². The van der Waals surface area contributed by atoms with Crippen LogP contribution in [0.4, 0.5) is 11.4 Å². The molecule has 30 heavy (non-hydrogen) atoms. The summed E-state index contributed by atoms with van der Waals surface area (Å²) in [5.74, 6) is 0.557. The minimum Gasteiger partial charge on any atom is -0.379 e. The summed E-state index contributed by atoms with van der Waals surface area (Å²) in [5, 5.41) is 6.75. The molecule has 1 N–H and O–H groups in total. The van der Waals surface area contributed by atoms with Crippen molar-refractivity contribution in [3.8, 4) is 10.6 Å². The van der Waals surface area contributed by atoms with Gasteiger partial charge in [0.25, 0.3) is 0 Å². The maximum atomic E-state index is 4.82. The van der Waals surface area contributed by atoms with Crippen molar-refractivity contribution in [2.45, 2.75) is 38.8 Å². The third-order valence-electron chi connectivity index (χ3n) is 5.98. The van der Waals surface area contributed by atoms with Gasteiger partial charge >= 0.3 is 0 Å². The van der Waals surface area contributed by atoms with Crippen LogP contribution >= 0.6 is 11.3 Å². The summed E-state index contributed by atoms with van der Waals surface area (Å²) in [6.07, 6.45) is 1.24. The van der Waals surface area contributed by atoms with Gasteiger partial charge in [-0.25, -0.2) is 4.98 Å². The van der Waals surface area contributed by atoms with Crippen LogP contribution in [0, 0.1) is 0 Å². The van der Waals surface area contributed by atoms with E-state index >= 15 is 0 Å². The van der Waals surface area contributed by atoms with E-state index < -0.39 is 0 Å². The molecule has 1 fully saturated rings. The Hall–Kier alpha value is -2.37. The minimum atomic E-state index is 0.557. The Morgan fingerprint density at radius 1 is 1.10 bits per heavy atom. The summed E-state index contributed by atoms with van der Waals surface area (Å²) in [6.45, 7) is 7.43. The molecule has 1 saturated heterocycles. The van der Waals surface area contributed by atoms with Crippen molar-refractivity contribution in [3.63, 3.8) is 0 Å². The first-order chi connectivity index (χ1) is 14.5. The first-order valence-electron chi connectivity index (χ1n) is 10.8. The van der Waals surface area contributed by atoms with Gasteiger partial charge in [-0.05, 0) is 56.3 Å². The molecule has 1 unspecified atom stereocenters. The van der Waals surface area contributed by atoms with E-state index in [2.05, 4.69) is 97.0 Å². The van der Waals surface area contributed by atoms with Crippen LogP contribution in [0.1, 0.15) is 37.4 Å². The second-order valence-electron chi connectivity index (χ2n) is 8.67. The van der Waals surface area contributed by atoms with E-state index in [9.17, 15) is 0 Å². The summed E-state index contributed by atoms with van der Waals surface area (Å²) in [7, 11) is 4.34. The third-order valence-corrected chi connectivity index (χ3v) is 6.92. The number of nitrogens with zero attached hydrogens (tertiary/aromatic N) is 3. The number of likely N-dealkylation sites (N-methyl/N-ethyl adjacent to an activating group) is 1. The molecule has 0 aliphatic carbocycles. The van der Waals surface area contributed by atoms with Crippen LogP contribution in [0.15, 0.2) is 53.9 Å². The van der Waals surface area contributed by atoms with Crippen LogP contribution in [-0.2, 0) is 6.54 Å². The standard InChI is InChI=1S/C25H32N4S/c1-18(2)19-5-7-20(8-6-19)25-27-22(17-30-25)15-26-21-9-11-23(12-10-21)29-14-13-24(16-29)28(3)4/h5-12,17-18,24,26H,13-16H2,1-4H3. The quantitative estimate of drug-likeness (QED) is 0.532. The monoisotopic (exact) mass is 420 g/mol. The number of anilines is 2. The van der Waals surface area contributed by atoms with Gasteiger partial charge in [-0.15, -0.1) is 11.3 Å². The fourth-order valence-electron chi connectivity index (χ4n) is 3.91. The van der Waals surface area contributed by atoms with Gasteiger partial charge in [0.1, 0.15) is 5.01 Å². The van der Waals surface area contributed by atoms with Gasteiger partial charge in [0.15, 0.2) is 0 Å². The summed E-state index contributed by atoms with van der Waals surface area (Å²) in [4.78, 5) is 9.63. The van der Waals surface area contributed by atoms with Crippen molar-refractivity contribution >= 4 is 22.7 Å². The topological polar surface area (TPSA) is 31.4 Å². The molecule has 2 heterocycles. The van der Waals surface area contributed by atoms with Gasteiger partial charge in [0.2, 0.25) is 0 Å². The highest BCUT2D eigenvalue weighted by atomic mass is 32.1. The molecule has 4 nitrogen and oxygen atoms in total. The lowest BCUT2D eigenvalue weighted by Gasteiger charge is -2.22. The molecule has 0 bridgehead atoms. The molecule has 0 radical (unpaired) electrons. The molecule has 158 valence electrons. The molecule has 1 aliphatic rings. The fraction of sp³-hybridized carbons (Fsp3) is 0.400. The highest BCUT2D eigenvalue weighted by Gasteiger charge is 2.23. The maximum absolute atomic E-state index is 4.82.